The predicted octanol–water partition coefficient (Wildman–Crippen LogP) is 1.30. The van der Waals surface area contributed by atoms with E-state index in [0.29, 0.717) is 11.4 Å². The highest BCUT2D eigenvalue weighted by Gasteiger charge is 2.12. The summed E-state index contributed by atoms with van der Waals surface area (Å²) in [5, 5.41) is 0. The minimum absolute atomic E-state index is 0.0358. The lowest BCUT2D eigenvalue weighted by Crippen LogP contribution is -2.33. The minimum atomic E-state index is -3.31. The smallest absolute Gasteiger partial charge is 0.213 e. The maximum atomic E-state index is 11.6. The summed E-state index contributed by atoms with van der Waals surface area (Å²) in [6.07, 6.45) is 5.12. The van der Waals surface area contributed by atoms with Gasteiger partial charge in [0.15, 0.2) is 0 Å². The highest BCUT2D eigenvalue weighted by Crippen LogP contribution is 2.19. The molecule has 0 aliphatic rings. The number of hydrogen-bond donors (Lipinski definition) is 2. The van der Waals surface area contributed by atoms with Crippen molar-refractivity contribution in [1.82, 2.24) is 4.72 Å². The molecule has 0 bridgehead atoms. The molecule has 1 atom stereocenters. The van der Waals surface area contributed by atoms with Gasteiger partial charge in [0.1, 0.15) is 0 Å². The molecule has 3 N–H and O–H groups in total. The molecule has 0 fully saturated rings. The molecule has 0 aromatic heterocycles. The number of anilines is 1. The van der Waals surface area contributed by atoms with E-state index >= 15 is 0 Å². The van der Waals surface area contributed by atoms with Crippen LogP contribution < -0.4 is 10.5 Å². The highest BCUT2D eigenvalue weighted by molar-refractivity contribution is 8.00. The van der Waals surface area contributed by atoms with Gasteiger partial charge in [0.2, 0.25) is 10.0 Å². The Hall–Kier alpha value is -1.16. The Morgan fingerprint density at radius 3 is 2.61 bits per heavy atom. The molecule has 0 radical (unpaired) electrons. The summed E-state index contributed by atoms with van der Waals surface area (Å²) in [6.45, 7) is 1.63. The largest absolute Gasteiger partial charge is 0.399 e. The number of nitrogens with one attached hydrogen (secondary N) is 1. The molecule has 0 saturated heterocycles. The number of nitrogens with two attached hydrogens (primary N) is 1. The van der Waals surface area contributed by atoms with Crippen molar-refractivity contribution in [2.75, 3.05) is 17.2 Å². The summed E-state index contributed by atoms with van der Waals surface area (Å²) < 4.78 is 25.6. The van der Waals surface area contributed by atoms with E-state index in [1.54, 1.807) is 19.1 Å². The van der Waals surface area contributed by atoms with E-state index in [0.717, 1.165) is 4.90 Å². The van der Waals surface area contributed by atoms with E-state index < -0.39 is 16.1 Å². The number of hydrogen-bond acceptors (Lipinski definition) is 4. The van der Waals surface area contributed by atoms with Gasteiger partial charge in [-0.1, -0.05) is 5.92 Å². The zero-order valence-electron chi connectivity index (χ0n) is 10.1. The predicted molar refractivity (Wildman–Crippen MR) is 76.8 cm³/mol. The van der Waals surface area contributed by atoms with Crippen LogP contribution in [-0.4, -0.2) is 26.0 Å². The van der Waals surface area contributed by atoms with Crippen molar-refractivity contribution in [2.24, 2.45) is 0 Å². The fourth-order valence-corrected chi connectivity index (χ4v) is 3.70. The van der Waals surface area contributed by atoms with Gasteiger partial charge >= 0.3 is 0 Å². The Labute approximate surface area is 112 Å². The summed E-state index contributed by atoms with van der Waals surface area (Å²) in [4.78, 5) is 0.990. The first-order valence-electron chi connectivity index (χ1n) is 5.37. The van der Waals surface area contributed by atoms with Gasteiger partial charge in [0.05, 0.1) is 11.8 Å². The van der Waals surface area contributed by atoms with E-state index in [9.17, 15) is 8.42 Å². The second-order valence-corrected chi connectivity index (χ2v) is 6.78. The molecular weight excluding hydrogens is 268 g/mol. The van der Waals surface area contributed by atoms with Crippen molar-refractivity contribution < 1.29 is 8.42 Å². The molecule has 0 heterocycles. The first-order valence-corrected chi connectivity index (χ1v) is 8.01. The van der Waals surface area contributed by atoms with Crippen molar-refractivity contribution in [3.8, 4) is 12.3 Å². The van der Waals surface area contributed by atoms with Crippen LogP contribution in [0.2, 0.25) is 0 Å². The van der Waals surface area contributed by atoms with Gasteiger partial charge in [-0.05, 0) is 31.2 Å². The summed E-state index contributed by atoms with van der Waals surface area (Å²) in [5.74, 6) is 2.83. The molecule has 98 valence electrons. The van der Waals surface area contributed by atoms with Gasteiger partial charge in [-0.3, -0.25) is 0 Å². The van der Waals surface area contributed by atoms with Crippen LogP contribution in [0.4, 0.5) is 5.69 Å². The number of thioether (sulfide) groups is 1. The molecule has 1 aromatic rings. The van der Waals surface area contributed by atoms with E-state index in [2.05, 4.69) is 10.6 Å². The third kappa shape index (κ3) is 5.45. The zero-order chi connectivity index (χ0) is 13.6. The van der Waals surface area contributed by atoms with Crippen LogP contribution >= 0.6 is 11.8 Å². The van der Waals surface area contributed by atoms with Gasteiger partial charge in [-0.15, -0.1) is 18.2 Å². The average Bonchev–Trinajstić information content (AvgIpc) is 2.31. The lowest BCUT2D eigenvalue weighted by atomic mass is 10.3. The molecule has 0 amide bonds. The van der Waals surface area contributed by atoms with Gasteiger partial charge in [0.25, 0.3) is 0 Å². The maximum Gasteiger partial charge on any atom is 0.213 e. The molecule has 1 unspecified atom stereocenters. The standard InChI is InChI=1S/C12H16N2O2S2/c1-3-10(2)14-18(15,16)9-8-17-12-6-4-11(13)5-7-12/h1,4-7,10,14H,8-9,13H2,2H3. The Balaban J connectivity index is 2.42. The monoisotopic (exact) mass is 284 g/mol. The van der Waals surface area contributed by atoms with Crippen LogP contribution in [0.1, 0.15) is 6.92 Å². The third-order valence-corrected chi connectivity index (χ3v) is 4.83. The molecule has 6 heteroatoms. The summed E-state index contributed by atoms with van der Waals surface area (Å²) in [7, 11) is -3.31. The van der Waals surface area contributed by atoms with Crippen LogP contribution in [0.5, 0.6) is 0 Å². The quantitative estimate of drug-likeness (QED) is 0.469. The van der Waals surface area contributed by atoms with E-state index in [4.69, 9.17) is 12.2 Å². The fourth-order valence-electron chi connectivity index (χ4n) is 1.20. The Morgan fingerprint density at radius 1 is 1.44 bits per heavy atom. The van der Waals surface area contributed by atoms with Crippen LogP contribution in [-0.2, 0) is 10.0 Å². The van der Waals surface area contributed by atoms with Crippen molar-refractivity contribution in [3.05, 3.63) is 24.3 Å². The third-order valence-electron chi connectivity index (χ3n) is 2.11. The Bertz CT molecular complexity index is 518. The summed E-state index contributed by atoms with van der Waals surface area (Å²) in [5.41, 5.74) is 6.25. The van der Waals surface area contributed by atoms with Gasteiger partial charge < -0.3 is 5.73 Å². The maximum absolute atomic E-state index is 11.6. The molecule has 0 aliphatic heterocycles. The van der Waals surface area contributed by atoms with Gasteiger partial charge in [0, 0.05) is 16.3 Å². The SMILES string of the molecule is C#CC(C)NS(=O)(=O)CCSc1ccc(N)cc1. The molecule has 1 rings (SSSR count). The molecule has 0 saturated carbocycles. The summed E-state index contributed by atoms with van der Waals surface area (Å²) >= 11 is 1.46. The first-order chi connectivity index (χ1) is 8.43. The molecule has 18 heavy (non-hydrogen) atoms. The Morgan fingerprint density at radius 2 is 2.06 bits per heavy atom. The number of terminal acetylenes is 1. The molecule has 0 aliphatic carbocycles. The van der Waals surface area contributed by atoms with Crippen molar-refractivity contribution in [1.29, 1.82) is 0 Å². The second-order valence-electron chi connectivity index (χ2n) is 3.74. The fraction of sp³-hybridized carbons (Fsp3) is 0.333. The van der Waals surface area contributed by atoms with Crippen LogP contribution in [0, 0.1) is 12.3 Å². The normalized spacial score (nSPS) is 12.9. The van der Waals surface area contributed by atoms with E-state index in [-0.39, 0.29) is 5.75 Å². The zero-order valence-corrected chi connectivity index (χ0v) is 11.7. The van der Waals surface area contributed by atoms with Gasteiger partial charge in [-0.2, -0.15) is 0 Å². The molecular formula is C12H16N2O2S2. The molecule has 4 nitrogen and oxygen atoms in total. The molecule has 1 aromatic carbocycles. The minimum Gasteiger partial charge on any atom is -0.399 e. The number of rotatable bonds is 6. The number of nitrogen functional groups attached to an aromatic ring is 1. The summed E-state index contributed by atoms with van der Waals surface area (Å²) in [6, 6.07) is 6.83. The van der Waals surface area contributed by atoms with E-state index in [1.807, 2.05) is 12.1 Å². The van der Waals surface area contributed by atoms with Crippen LogP contribution in [0.3, 0.4) is 0 Å². The lowest BCUT2D eigenvalue weighted by Gasteiger charge is -2.08. The van der Waals surface area contributed by atoms with Crippen LogP contribution in [0.25, 0.3) is 0 Å². The van der Waals surface area contributed by atoms with Crippen molar-refractivity contribution >= 4 is 27.5 Å². The first kappa shape index (κ1) is 14.9. The number of benzene rings is 1. The Kier molecular flexibility index (Phi) is 5.54. The topological polar surface area (TPSA) is 72.2 Å². The van der Waals surface area contributed by atoms with Crippen LogP contribution in [0.15, 0.2) is 29.2 Å². The number of sulfonamides is 1. The second kappa shape index (κ2) is 6.69. The molecule has 0 spiro atoms. The van der Waals surface area contributed by atoms with Crippen molar-refractivity contribution in [2.45, 2.75) is 17.9 Å². The van der Waals surface area contributed by atoms with Gasteiger partial charge in [-0.25, -0.2) is 13.1 Å². The average molecular weight is 284 g/mol. The van der Waals surface area contributed by atoms with E-state index in [1.165, 1.54) is 11.8 Å². The van der Waals surface area contributed by atoms with Crippen molar-refractivity contribution in [3.63, 3.8) is 0 Å². The lowest BCUT2D eigenvalue weighted by molar-refractivity contribution is 0.579. The highest BCUT2D eigenvalue weighted by atomic mass is 32.2.